The van der Waals surface area contributed by atoms with Gasteiger partial charge in [-0.2, -0.15) is 0 Å². The molecule has 4 aromatic rings. The Bertz CT molecular complexity index is 1280. The van der Waals surface area contributed by atoms with Crippen LogP contribution in [0.15, 0.2) is 54.7 Å². The lowest BCUT2D eigenvalue weighted by atomic mass is 9.98. The average Bonchev–Trinajstić information content (AvgIpc) is 3.00. The third-order valence-corrected chi connectivity index (χ3v) is 5.42. The van der Waals surface area contributed by atoms with Crippen LogP contribution in [0.2, 0.25) is 0 Å². The number of carboxylic acids is 1. The van der Waals surface area contributed by atoms with Gasteiger partial charge in [-0.05, 0) is 47.0 Å². The van der Waals surface area contributed by atoms with Crippen molar-refractivity contribution in [3.63, 3.8) is 0 Å². The molecule has 1 aliphatic rings. The summed E-state index contributed by atoms with van der Waals surface area (Å²) in [6.07, 6.45) is 1.69. The summed E-state index contributed by atoms with van der Waals surface area (Å²) in [4.78, 5) is 21.1. The SMILES string of the molecule is CN1Cc2c(-c3cccc(CC(=O)O)c3)[nH]c3nccc(c23)-c2cc(F)ccc21. The van der Waals surface area contributed by atoms with Crippen molar-refractivity contribution in [3.05, 3.63) is 71.7 Å². The molecule has 0 spiro atoms. The van der Waals surface area contributed by atoms with E-state index < -0.39 is 5.97 Å². The lowest BCUT2D eigenvalue weighted by Gasteiger charge is -2.20. The summed E-state index contributed by atoms with van der Waals surface area (Å²) in [5.74, 6) is -1.14. The number of aromatic amines is 1. The summed E-state index contributed by atoms with van der Waals surface area (Å²) in [6, 6.07) is 14.3. The van der Waals surface area contributed by atoms with Crippen LogP contribution in [0, 0.1) is 5.82 Å². The minimum Gasteiger partial charge on any atom is -0.481 e. The number of anilines is 1. The van der Waals surface area contributed by atoms with Crippen LogP contribution in [-0.2, 0) is 17.8 Å². The van der Waals surface area contributed by atoms with Crippen molar-refractivity contribution >= 4 is 22.7 Å². The summed E-state index contributed by atoms with van der Waals surface area (Å²) in [5.41, 5.74) is 7.09. The van der Waals surface area contributed by atoms with E-state index in [0.29, 0.717) is 6.54 Å². The number of fused-ring (bicyclic) bond motifs is 2. The molecular weight excluding hydrogens is 369 g/mol. The maximum atomic E-state index is 14.0. The molecule has 0 fully saturated rings. The third-order valence-electron chi connectivity index (χ3n) is 5.42. The van der Waals surface area contributed by atoms with Crippen LogP contribution in [0.4, 0.5) is 10.1 Å². The van der Waals surface area contributed by atoms with Crippen LogP contribution in [0.5, 0.6) is 0 Å². The fraction of sp³-hybridized carbons (Fsp3) is 0.130. The average molecular weight is 387 g/mol. The highest BCUT2D eigenvalue weighted by Gasteiger charge is 2.25. The second-order valence-electron chi connectivity index (χ2n) is 7.35. The number of carbonyl (C=O) groups is 1. The van der Waals surface area contributed by atoms with Gasteiger partial charge in [-0.25, -0.2) is 9.37 Å². The standard InChI is InChI=1S/C23H18FN3O2/c1-27-12-18-21-16(17-11-15(24)5-6-19(17)27)7-8-25-23(21)26-22(18)14-4-2-3-13(9-14)10-20(28)29/h2-9,11H,10,12H2,1H3,(H,25,26)(H,28,29). The zero-order valence-corrected chi connectivity index (χ0v) is 15.7. The van der Waals surface area contributed by atoms with E-state index in [1.54, 1.807) is 18.3 Å². The van der Waals surface area contributed by atoms with Gasteiger partial charge in [0.25, 0.3) is 0 Å². The fourth-order valence-electron chi connectivity index (χ4n) is 4.20. The zero-order valence-electron chi connectivity index (χ0n) is 15.7. The van der Waals surface area contributed by atoms with E-state index >= 15 is 0 Å². The molecule has 0 unspecified atom stereocenters. The Morgan fingerprint density at radius 3 is 2.90 bits per heavy atom. The lowest BCUT2D eigenvalue weighted by molar-refractivity contribution is -0.136. The molecule has 6 heteroatoms. The van der Waals surface area contributed by atoms with Crippen molar-refractivity contribution in [2.75, 3.05) is 11.9 Å². The number of carboxylic acid groups (broad SMARTS) is 1. The molecule has 5 nitrogen and oxygen atoms in total. The largest absolute Gasteiger partial charge is 0.481 e. The molecular formula is C23H18FN3O2. The van der Waals surface area contributed by atoms with Crippen LogP contribution >= 0.6 is 0 Å². The van der Waals surface area contributed by atoms with Crippen molar-refractivity contribution in [1.29, 1.82) is 0 Å². The molecule has 5 rings (SSSR count). The Morgan fingerprint density at radius 2 is 2.07 bits per heavy atom. The normalized spacial score (nSPS) is 12.7. The topological polar surface area (TPSA) is 69.2 Å². The quantitative estimate of drug-likeness (QED) is 0.539. The molecule has 0 saturated heterocycles. The molecule has 0 aliphatic carbocycles. The molecule has 29 heavy (non-hydrogen) atoms. The molecule has 0 saturated carbocycles. The summed E-state index contributed by atoms with van der Waals surface area (Å²) >= 11 is 0. The molecule has 0 bridgehead atoms. The minimum absolute atomic E-state index is 0.0302. The van der Waals surface area contributed by atoms with Crippen molar-refractivity contribution in [2.24, 2.45) is 0 Å². The predicted octanol–water partition coefficient (Wildman–Crippen LogP) is 4.61. The first-order valence-corrected chi connectivity index (χ1v) is 9.33. The molecule has 2 aromatic carbocycles. The highest BCUT2D eigenvalue weighted by atomic mass is 19.1. The number of aromatic nitrogens is 2. The van der Waals surface area contributed by atoms with Crippen molar-refractivity contribution < 1.29 is 14.3 Å². The van der Waals surface area contributed by atoms with Gasteiger partial charge < -0.3 is 15.0 Å². The van der Waals surface area contributed by atoms with Crippen LogP contribution in [0.1, 0.15) is 11.1 Å². The van der Waals surface area contributed by atoms with Gasteiger partial charge in [0.15, 0.2) is 0 Å². The van der Waals surface area contributed by atoms with Gasteiger partial charge in [-0.3, -0.25) is 4.79 Å². The number of halogens is 1. The molecule has 144 valence electrons. The number of hydrogen-bond donors (Lipinski definition) is 2. The van der Waals surface area contributed by atoms with Gasteiger partial charge in [0.05, 0.1) is 12.1 Å². The monoisotopic (exact) mass is 387 g/mol. The first kappa shape index (κ1) is 17.4. The van der Waals surface area contributed by atoms with Crippen molar-refractivity contribution in [3.8, 4) is 22.4 Å². The first-order valence-electron chi connectivity index (χ1n) is 9.33. The van der Waals surface area contributed by atoms with Crippen LogP contribution in [0.25, 0.3) is 33.4 Å². The molecule has 3 heterocycles. The number of nitrogens with zero attached hydrogens (tertiary/aromatic N) is 2. The number of hydrogen-bond acceptors (Lipinski definition) is 3. The Labute approximate surface area is 166 Å². The Kier molecular flexibility index (Phi) is 3.87. The number of pyridine rings is 1. The minimum atomic E-state index is -0.863. The summed E-state index contributed by atoms with van der Waals surface area (Å²) in [5, 5.41) is 10.1. The van der Waals surface area contributed by atoms with Gasteiger partial charge in [-0.15, -0.1) is 0 Å². The van der Waals surface area contributed by atoms with E-state index in [0.717, 1.165) is 50.2 Å². The maximum Gasteiger partial charge on any atom is 0.307 e. The number of nitrogens with one attached hydrogen (secondary N) is 1. The summed E-state index contributed by atoms with van der Waals surface area (Å²) in [6.45, 7) is 0.621. The van der Waals surface area contributed by atoms with Crippen LogP contribution in [-0.4, -0.2) is 28.1 Å². The number of aliphatic carboxylic acids is 1. The van der Waals surface area contributed by atoms with E-state index in [1.165, 1.54) is 6.07 Å². The van der Waals surface area contributed by atoms with Gasteiger partial charge >= 0.3 is 5.97 Å². The van der Waals surface area contributed by atoms with E-state index in [-0.39, 0.29) is 12.2 Å². The second-order valence-corrected chi connectivity index (χ2v) is 7.35. The third kappa shape index (κ3) is 2.84. The smallest absolute Gasteiger partial charge is 0.307 e. The van der Waals surface area contributed by atoms with Crippen LogP contribution in [0.3, 0.4) is 0 Å². The Balaban J connectivity index is 1.76. The maximum absolute atomic E-state index is 14.0. The molecule has 2 N–H and O–H groups in total. The Hall–Kier alpha value is -3.67. The van der Waals surface area contributed by atoms with Gasteiger partial charge in [0.2, 0.25) is 0 Å². The number of rotatable bonds is 3. The van der Waals surface area contributed by atoms with E-state index in [2.05, 4.69) is 14.9 Å². The molecule has 0 amide bonds. The molecule has 1 aliphatic heterocycles. The Morgan fingerprint density at radius 1 is 1.21 bits per heavy atom. The van der Waals surface area contributed by atoms with Gasteiger partial charge in [0, 0.05) is 42.0 Å². The summed E-state index contributed by atoms with van der Waals surface area (Å²) in [7, 11) is 1.99. The van der Waals surface area contributed by atoms with Gasteiger partial charge in [-0.1, -0.05) is 18.2 Å². The first-order chi connectivity index (χ1) is 14.0. The molecule has 0 atom stereocenters. The van der Waals surface area contributed by atoms with Crippen molar-refractivity contribution in [1.82, 2.24) is 9.97 Å². The number of benzene rings is 2. The second kappa shape index (κ2) is 6.44. The van der Waals surface area contributed by atoms with E-state index in [1.807, 2.05) is 37.4 Å². The highest BCUT2D eigenvalue weighted by molar-refractivity contribution is 6.03. The van der Waals surface area contributed by atoms with E-state index in [9.17, 15) is 9.18 Å². The number of H-pyrrole nitrogens is 1. The summed E-state index contributed by atoms with van der Waals surface area (Å²) < 4.78 is 14.0. The van der Waals surface area contributed by atoms with Crippen LogP contribution < -0.4 is 4.90 Å². The lowest BCUT2D eigenvalue weighted by Crippen LogP contribution is -2.16. The van der Waals surface area contributed by atoms with Gasteiger partial charge in [0.1, 0.15) is 11.5 Å². The predicted molar refractivity (Wildman–Crippen MR) is 110 cm³/mol. The zero-order chi connectivity index (χ0) is 20.1. The highest BCUT2D eigenvalue weighted by Crippen LogP contribution is 2.43. The van der Waals surface area contributed by atoms with E-state index in [4.69, 9.17) is 5.11 Å². The fourth-order valence-corrected chi connectivity index (χ4v) is 4.20. The van der Waals surface area contributed by atoms with Crippen molar-refractivity contribution in [2.45, 2.75) is 13.0 Å². The molecule has 2 aromatic heterocycles. The molecule has 0 radical (unpaired) electrons.